The number of piperidine rings is 1. The van der Waals surface area contributed by atoms with Crippen LogP contribution in [-0.4, -0.2) is 142 Å². The Labute approximate surface area is 373 Å². The highest BCUT2D eigenvalue weighted by Gasteiger charge is 2.41. The largest absolute Gasteiger partial charge is 0.465 e. The predicted molar refractivity (Wildman–Crippen MR) is 230 cm³/mol. The van der Waals surface area contributed by atoms with Crippen LogP contribution in [0.3, 0.4) is 0 Å². The third-order valence-corrected chi connectivity index (χ3v) is 11.4. The van der Waals surface area contributed by atoms with Crippen molar-refractivity contribution in [2.75, 3.05) is 91.2 Å². The number of rotatable bonds is 23. The lowest BCUT2D eigenvalue weighted by Crippen LogP contribution is -2.49. The minimum absolute atomic E-state index is 0.0201. The molecule has 0 radical (unpaired) electrons. The summed E-state index contributed by atoms with van der Waals surface area (Å²) in [5, 5.41) is 11.1. The van der Waals surface area contributed by atoms with Gasteiger partial charge in [-0.3, -0.25) is 24.5 Å². The van der Waals surface area contributed by atoms with E-state index >= 15 is 0 Å². The van der Waals surface area contributed by atoms with E-state index < -0.39 is 11.9 Å². The van der Waals surface area contributed by atoms with E-state index in [9.17, 15) is 24.0 Å². The molecule has 0 saturated carbocycles. The molecule has 0 aliphatic carbocycles. The minimum Gasteiger partial charge on any atom is -0.465 e. The molecule has 3 aliphatic rings. The number of ether oxygens (including phenoxy) is 7. The molecule has 0 bridgehead atoms. The number of benzene rings is 2. The second-order valence-electron chi connectivity index (χ2n) is 15.6. The molecule has 0 spiro atoms. The van der Waals surface area contributed by atoms with Gasteiger partial charge in [-0.05, 0) is 48.7 Å². The van der Waals surface area contributed by atoms with Gasteiger partial charge in [0.25, 0.3) is 5.91 Å². The lowest BCUT2D eigenvalue weighted by molar-refractivity contribution is -0.136. The first kappa shape index (κ1) is 47.9. The van der Waals surface area contributed by atoms with Crippen LogP contribution in [0.2, 0.25) is 0 Å². The molecule has 3 aromatic rings. The number of methoxy groups -OCH3 is 1. The Bertz CT molecular complexity index is 2170. The fourth-order valence-electron chi connectivity index (χ4n) is 8.28. The van der Waals surface area contributed by atoms with E-state index in [1.165, 1.54) is 7.11 Å². The van der Waals surface area contributed by atoms with E-state index in [0.717, 1.165) is 28.8 Å². The standard InChI is InChI=1S/C46H58N6O12/c1-5-40-31(2)43(38-26-34(46(57)58-4)11-13-41(38)52(40)32(3)53)51-28-36(48-49-51)30-64-25-24-63-23-22-62-21-20-61-19-18-60-17-16-59-15-7-9-33-8-6-10-37-39(33)29-50(45(37)56)27-35-12-14-42(54)47-44(35)55/h6,8,10-11,13,26,28,31,35,40,43H,5,12,14-25,27,29-30H2,1-4H3,(H,47,54,55)/t31-,35?,40+,43?/m1/s1. The van der Waals surface area contributed by atoms with Crippen molar-refractivity contribution in [2.45, 2.75) is 65.3 Å². The Hall–Kier alpha value is -5.55. The Morgan fingerprint density at radius 1 is 0.891 bits per heavy atom. The summed E-state index contributed by atoms with van der Waals surface area (Å²) in [6.45, 7) is 10.8. The van der Waals surface area contributed by atoms with Crippen molar-refractivity contribution in [1.29, 1.82) is 0 Å². The molecule has 1 fully saturated rings. The van der Waals surface area contributed by atoms with Crippen LogP contribution in [0.5, 0.6) is 0 Å². The maximum Gasteiger partial charge on any atom is 0.337 e. The molecule has 1 saturated heterocycles. The van der Waals surface area contributed by atoms with Crippen LogP contribution in [0.4, 0.5) is 5.69 Å². The Balaban J connectivity index is 0.771. The van der Waals surface area contributed by atoms with Gasteiger partial charge >= 0.3 is 5.97 Å². The number of nitrogens with zero attached hydrogens (tertiary/aromatic N) is 5. The molecule has 1 N–H and O–H groups in total. The van der Waals surface area contributed by atoms with E-state index in [0.29, 0.717) is 95.9 Å². The van der Waals surface area contributed by atoms with Crippen molar-refractivity contribution < 1.29 is 57.1 Å². The molecule has 4 heterocycles. The number of anilines is 1. The van der Waals surface area contributed by atoms with Gasteiger partial charge < -0.3 is 43.0 Å². The van der Waals surface area contributed by atoms with Gasteiger partial charge in [-0.2, -0.15) is 0 Å². The van der Waals surface area contributed by atoms with Crippen molar-refractivity contribution in [3.63, 3.8) is 0 Å². The van der Waals surface area contributed by atoms with E-state index in [4.69, 9.17) is 33.2 Å². The summed E-state index contributed by atoms with van der Waals surface area (Å²) in [6, 6.07) is 10.4. The average Bonchev–Trinajstić information content (AvgIpc) is 3.89. The number of carbonyl (C=O) groups excluding carboxylic acids is 5. The minimum atomic E-state index is -0.453. The molecule has 2 unspecified atom stereocenters. The van der Waals surface area contributed by atoms with Gasteiger partial charge in [0.05, 0.1) is 104 Å². The van der Waals surface area contributed by atoms with E-state index in [2.05, 4.69) is 41.3 Å². The maximum absolute atomic E-state index is 13.0. The second kappa shape index (κ2) is 23.9. The van der Waals surface area contributed by atoms with Crippen molar-refractivity contribution in [3.8, 4) is 11.8 Å². The Kier molecular flexibility index (Phi) is 17.9. The molecule has 344 valence electrons. The first-order valence-electron chi connectivity index (χ1n) is 21.7. The summed E-state index contributed by atoms with van der Waals surface area (Å²) < 4.78 is 40.4. The van der Waals surface area contributed by atoms with Crippen molar-refractivity contribution >= 4 is 35.3 Å². The Morgan fingerprint density at radius 2 is 1.56 bits per heavy atom. The van der Waals surface area contributed by atoms with Crippen LogP contribution in [0, 0.1) is 23.7 Å². The first-order valence-corrected chi connectivity index (χ1v) is 21.7. The lowest BCUT2D eigenvalue weighted by Gasteiger charge is -2.44. The molecule has 18 nitrogen and oxygen atoms in total. The molecule has 4 atom stereocenters. The van der Waals surface area contributed by atoms with Gasteiger partial charge in [0.15, 0.2) is 0 Å². The van der Waals surface area contributed by atoms with Gasteiger partial charge in [0.1, 0.15) is 12.3 Å². The van der Waals surface area contributed by atoms with E-state index in [-0.39, 0.29) is 67.8 Å². The van der Waals surface area contributed by atoms with Crippen LogP contribution >= 0.6 is 0 Å². The van der Waals surface area contributed by atoms with E-state index in [1.807, 2.05) is 17.2 Å². The molecule has 2 aromatic carbocycles. The highest BCUT2D eigenvalue weighted by molar-refractivity contribution is 6.01. The third-order valence-electron chi connectivity index (χ3n) is 11.4. The molecular formula is C46H58N6O12. The SMILES string of the molecule is CC[C@H]1[C@@H](C)C(n2cc(COCCOCCOCCOCCOCCOCC#Cc3cccc4c3CN(CC3CCC(=O)NC3=O)C4=O)nn2)c2cc(C(=O)OC)ccc2N1C(C)=O. The van der Waals surface area contributed by atoms with Crippen LogP contribution in [0.25, 0.3) is 0 Å². The Morgan fingerprint density at radius 3 is 2.20 bits per heavy atom. The number of carbonyl (C=O) groups is 5. The number of hydrogen-bond acceptors (Lipinski definition) is 14. The molecular weight excluding hydrogens is 829 g/mol. The third kappa shape index (κ3) is 12.4. The average molecular weight is 887 g/mol. The molecule has 6 rings (SSSR count). The topological polar surface area (TPSA) is 199 Å². The monoisotopic (exact) mass is 886 g/mol. The number of aromatic nitrogens is 3. The zero-order valence-corrected chi connectivity index (χ0v) is 37.0. The van der Waals surface area contributed by atoms with Gasteiger partial charge in [-0.25, -0.2) is 9.48 Å². The van der Waals surface area contributed by atoms with Gasteiger partial charge in [0, 0.05) is 60.8 Å². The molecule has 3 aliphatic heterocycles. The van der Waals surface area contributed by atoms with Crippen LogP contribution < -0.4 is 10.2 Å². The zero-order valence-electron chi connectivity index (χ0n) is 37.0. The van der Waals surface area contributed by atoms with E-state index in [1.54, 1.807) is 46.8 Å². The van der Waals surface area contributed by atoms with Crippen LogP contribution in [-0.2, 0) is 60.7 Å². The summed E-state index contributed by atoms with van der Waals surface area (Å²) in [5.74, 6) is 4.43. The fourth-order valence-corrected chi connectivity index (χ4v) is 8.28. The number of imide groups is 1. The lowest BCUT2D eigenvalue weighted by atomic mass is 9.80. The highest BCUT2D eigenvalue weighted by Crippen LogP contribution is 2.44. The fraction of sp³-hybridized carbons (Fsp3) is 0.543. The molecule has 64 heavy (non-hydrogen) atoms. The number of fused-ring (bicyclic) bond motifs is 2. The number of nitrogens with one attached hydrogen (secondary N) is 1. The highest BCUT2D eigenvalue weighted by atomic mass is 16.6. The normalized spacial score (nSPS) is 19.2. The summed E-state index contributed by atoms with van der Waals surface area (Å²) in [5.41, 5.74) is 4.77. The smallest absolute Gasteiger partial charge is 0.337 e. The second-order valence-corrected chi connectivity index (χ2v) is 15.6. The quantitative estimate of drug-likeness (QED) is 0.0631. The van der Waals surface area contributed by atoms with Crippen LogP contribution in [0.1, 0.15) is 89.2 Å². The number of amides is 4. The van der Waals surface area contributed by atoms with Gasteiger partial charge in [-0.15, -0.1) is 5.10 Å². The molecule has 4 amide bonds. The zero-order chi connectivity index (χ0) is 45.4. The predicted octanol–water partition coefficient (Wildman–Crippen LogP) is 3.10. The van der Waals surface area contributed by atoms with Gasteiger partial charge in [0.2, 0.25) is 17.7 Å². The van der Waals surface area contributed by atoms with Crippen LogP contribution in [0.15, 0.2) is 42.6 Å². The summed E-state index contributed by atoms with van der Waals surface area (Å²) in [6.07, 6.45) is 3.30. The first-order chi connectivity index (χ1) is 31.1. The number of hydrogen-bond donors (Lipinski definition) is 1. The van der Waals surface area contributed by atoms with Crippen molar-refractivity contribution in [1.82, 2.24) is 25.2 Å². The number of esters is 1. The summed E-state index contributed by atoms with van der Waals surface area (Å²) >= 11 is 0. The summed E-state index contributed by atoms with van der Waals surface area (Å²) in [7, 11) is 1.34. The maximum atomic E-state index is 13.0. The van der Waals surface area contributed by atoms with Crippen molar-refractivity contribution in [2.24, 2.45) is 11.8 Å². The van der Waals surface area contributed by atoms with Gasteiger partial charge in [-0.1, -0.05) is 37.0 Å². The summed E-state index contributed by atoms with van der Waals surface area (Å²) in [4.78, 5) is 65.3. The molecule has 1 aromatic heterocycles. The molecule has 18 heteroatoms. The van der Waals surface area contributed by atoms with Crippen molar-refractivity contribution in [3.05, 3.63) is 76.1 Å².